The Bertz CT molecular complexity index is 582. The molecule has 5 atom stereocenters. The molecule has 0 bridgehead atoms. The van der Waals surface area contributed by atoms with Gasteiger partial charge in [0.05, 0.1) is 0 Å². The number of amides is 1. The number of ketones is 1. The van der Waals surface area contributed by atoms with Crippen molar-refractivity contribution >= 4 is 17.7 Å². The van der Waals surface area contributed by atoms with E-state index in [-0.39, 0.29) is 35.4 Å². The lowest BCUT2D eigenvalue weighted by Crippen LogP contribution is -2.47. The number of rotatable bonds is 5. The van der Waals surface area contributed by atoms with Crippen LogP contribution >= 0.6 is 0 Å². The largest absolute Gasteiger partial charge is 0.479 e. The Kier molecular flexibility index (Phi) is 4.07. The number of hydrogen-bond donors (Lipinski definition) is 2. The maximum absolute atomic E-state index is 12.8. The van der Waals surface area contributed by atoms with Crippen LogP contribution in [-0.2, 0) is 14.4 Å². The number of nitrogens with one attached hydrogen (secondary N) is 1. The van der Waals surface area contributed by atoms with E-state index in [0.29, 0.717) is 18.4 Å². The van der Waals surface area contributed by atoms with Crippen LogP contribution in [0.1, 0.15) is 52.4 Å². The van der Waals surface area contributed by atoms with E-state index in [1.54, 1.807) is 0 Å². The summed E-state index contributed by atoms with van der Waals surface area (Å²) in [5.41, 5.74) is -0.439. The Balaban J connectivity index is 1.82. The Morgan fingerprint density at radius 1 is 1.30 bits per heavy atom. The summed E-state index contributed by atoms with van der Waals surface area (Å²) in [4.78, 5) is 36.4. The smallest absolute Gasteiger partial charge is 0.329 e. The maximum atomic E-state index is 12.8. The number of aliphatic carboxylic acids is 1. The first-order chi connectivity index (χ1) is 10.9. The van der Waals surface area contributed by atoms with Crippen molar-refractivity contribution in [3.05, 3.63) is 11.6 Å². The lowest BCUT2D eigenvalue weighted by molar-refractivity contribution is -0.143. The summed E-state index contributed by atoms with van der Waals surface area (Å²) in [6, 6.07) is 0. The van der Waals surface area contributed by atoms with Crippen LogP contribution in [0.2, 0.25) is 0 Å². The van der Waals surface area contributed by atoms with Crippen molar-refractivity contribution in [3.8, 4) is 0 Å². The highest BCUT2D eigenvalue weighted by molar-refractivity contribution is 6.00. The van der Waals surface area contributed by atoms with Gasteiger partial charge in [0, 0.05) is 17.9 Å². The number of allylic oxidation sites excluding steroid dienone is 1. The molecule has 2 N–H and O–H groups in total. The molecule has 0 radical (unpaired) electrons. The van der Waals surface area contributed by atoms with Crippen molar-refractivity contribution in [1.82, 2.24) is 5.32 Å². The van der Waals surface area contributed by atoms with Crippen LogP contribution in [0.4, 0.5) is 0 Å². The first-order valence-electron chi connectivity index (χ1n) is 8.73. The van der Waals surface area contributed by atoms with Crippen LogP contribution in [0, 0.1) is 23.7 Å². The highest BCUT2D eigenvalue weighted by atomic mass is 16.4. The average molecular weight is 319 g/mol. The summed E-state index contributed by atoms with van der Waals surface area (Å²) >= 11 is 0. The number of Topliss-reactive ketones (excluding diaryl/α,β-unsaturated/α-hetero) is 1. The Hall–Kier alpha value is -1.65. The molecule has 3 aliphatic carbocycles. The lowest BCUT2D eigenvalue weighted by atomic mass is 9.74. The zero-order chi connectivity index (χ0) is 16.8. The molecule has 3 rings (SSSR count). The fraction of sp³-hybridized carbons (Fsp3) is 0.722. The van der Waals surface area contributed by atoms with Crippen molar-refractivity contribution in [2.24, 2.45) is 23.7 Å². The minimum absolute atomic E-state index is 0.0103. The van der Waals surface area contributed by atoms with E-state index >= 15 is 0 Å². The fourth-order valence-corrected chi connectivity index (χ4v) is 4.44. The minimum Gasteiger partial charge on any atom is -0.479 e. The van der Waals surface area contributed by atoms with E-state index in [0.717, 1.165) is 25.7 Å². The van der Waals surface area contributed by atoms with E-state index in [4.69, 9.17) is 0 Å². The molecule has 5 nitrogen and oxygen atoms in total. The van der Waals surface area contributed by atoms with Crippen molar-refractivity contribution in [2.75, 3.05) is 0 Å². The molecule has 1 amide bonds. The van der Waals surface area contributed by atoms with Gasteiger partial charge in [-0.3, -0.25) is 9.59 Å². The third-order valence-corrected chi connectivity index (χ3v) is 6.08. The standard InChI is InChI=1S/C18H25NO4/c1-3-10-7-13-12(5-6-15(13)20)14(8-10)16(21)19-18(17(22)23)9-11(18)4-2/h8,10-13H,3-7,9H2,1-2H3,(H,19,21)(H,22,23)/t10-,11-,12+,13+,18-/m1/s1. The van der Waals surface area contributed by atoms with Gasteiger partial charge < -0.3 is 10.4 Å². The van der Waals surface area contributed by atoms with Gasteiger partial charge >= 0.3 is 5.97 Å². The summed E-state index contributed by atoms with van der Waals surface area (Å²) in [5.74, 6) is -0.774. The van der Waals surface area contributed by atoms with Gasteiger partial charge in [0.15, 0.2) is 0 Å². The van der Waals surface area contributed by atoms with Crippen molar-refractivity contribution in [2.45, 2.75) is 57.9 Å². The number of carboxylic acid groups (broad SMARTS) is 1. The monoisotopic (exact) mass is 319 g/mol. The van der Waals surface area contributed by atoms with Crippen molar-refractivity contribution in [3.63, 3.8) is 0 Å². The number of hydrogen-bond acceptors (Lipinski definition) is 3. The predicted molar refractivity (Wildman–Crippen MR) is 84.6 cm³/mol. The van der Waals surface area contributed by atoms with Crippen LogP contribution in [0.25, 0.3) is 0 Å². The van der Waals surface area contributed by atoms with Gasteiger partial charge in [0.1, 0.15) is 11.3 Å². The molecule has 0 aromatic carbocycles. The van der Waals surface area contributed by atoms with Crippen molar-refractivity contribution in [1.29, 1.82) is 0 Å². The molecule has 0 aromatic rings. The van der Waals surface area contributed by atoms with Gasteiger partial charge in [-0.15, -0.1) is 0 Å². The summed E-state index contributed by atoms with van der Waals surface area (Å²) in [7, 11) is 0. The lowest BCUT2D eigenvalue weighted by Gasteiger charge is -2.30. The second-order valence-corrected chi connectivity index (χ2v) is 7.28. The Labute approximate surface area is 136 Å². The second kappa shape index (κ2) is 5.77. The fourth-order valence-electron chi connectivity index (χ4n) is 4.44. The first-order valence-corrected chi connectivity index (χ1v) is 8.73. The van der Waals surface area contributed by atoms with E-state index < -0.39 is 11.5 Å². The van der Waals surface area contributed by atoms with E-state index in [1.807, 2.05) is 13.0 Å². The molecule has 5 heteroatoms. The molecule has 2 fully saturated rings. The quantitative estimate of drug-likeness (QED) is 0.814. The molecule has 126 valence electrons. The SMILES string of the molecule is CC[C@H]1C=C(C(=O)N[C@]2(C(=O)O)C[C@H]2CC)[C@H]2CCC(=O)[C@H]2C1. The molecule has 23 heavy (non-hydrogen) atoms. The normalized spacial score (nSPS) is 38.7. The van der Waals surface area contributed by atoms with E-state index in [1.165, 1.54) is 0 Å². The number of fused-ring (bicyclic) bond motifs is 1. The zero-order valence-corrected chi connectivity index (χ0v) is 13.8. The molecule has 0 heterocycles. The first kappa shape index (κ1) is 16.2. The molecule has 3 aliphatic rings. The highest BCUT2D eigenvalue weighted by Gasteiger charge is 2.61. The van der Waals surface area contributed by atoms with Gasteiger partial charge in [-0.2, -0.15) is 0 Å². The van der Waals surface area contributed by atoms with Gasteiger partial charge in [-0.05, 0) is 43.4 Å². The third kappa shape index (κ3) is 2.60. The predicted octanol–water partition coefficient (Wildman–Crippen LogP) is 2.31. The average Bonchev–Trinajstić information content (AvgIpc) is 3.14. The van der Waals surface area contributed by atoms with Gasteiger partial charge in [0.2, 0.25) is 5.91 Å². The van der Waals surface area contributed by atoms with Crippen LogP contribution < -0.4 is 5.32 Å². The van der Waals surface area contributed by atoms with Crippen molar-refractivity contribution < 1.29 is 19.5 Å². The van der Waals surface area contributed by atoms with E-state index in [9.17, 15) is 19.5 Å². The number of carbonyl (C=O) groups is 3. The molecule has 0 saturated heterocycles. The highest BCUT2D eigenvalue weighted by Crippen LogP contribution is 2.48. The molecular weight excluding hydrogens is 294 g/mol. The number of carboxylic acids is 1. The minimum atomic E-state index is -1.09. The molecule has 0 aromatic heterocycles. The molecule has 0 spiro atoms. The number of carbonyl (C=O) groups excluding carboxylic acids is 2. The second-order valence-electron chi connectivity index (χ2n) is 7.28. The summed E-state index contributed by atoms with van der Waals surface area (Å²) in [5, 5.41) is 12.3. The Morgan fingerprint density at radius 2 is 2.04 bits per heavy atom. The zero-order valence-electron chi connectivity index (χ0n) is 13.8. The summed E-state index contributed by atoms with van der Waals surface area (Å²) < 4.78 is 0. The van der Waals surface area contributed by atoms with Gasteiger partial charge in [-0.1, -0.05) is 26.3 Å². The van der Waals surface area contributed by atoms with Crippen LogP contribution in [-0.4, -0.2) is 28.3 Å². The van der Waals surface area contributed by atoms with E-state index in [2.05, 4.69) is 12.2 Å². The molecule has 0 unspecified atom stereocenters. The van der Waals surface area contributed by atoms with Crippen LogP contribution in [0.3, 0.4) is 0 Å². The summed E-state index contributed by atoms with van der Waals surface area (Å²) in [6.45, 7) is 4.00. The maximum Gasteiger partial charge on any atom is 0.329 e. The summed E-state index contributed by atoms with van der Waals surface area (Å²) in [6.07, 6.45) is 6.23. The van der Waals surface area contributed by atoms with Crippen LogP contribution in [0.5, 0.6) is 0 Å². The molecular formula is C18H25NO4. The topological polar surface area (TPSA) is 83.5 Å². The van der Waals surface area contributed by atoms with Gasteiger partial charge in [-0.25, -0.2) is 4.79 Å². The Morgan fingerprint density at radius 3 is 2.61 bits per heavy atom. The van der Waals surface area contributed by atoms with Gasteiger partial charge in [0.25, 0.3) is 0 Å². The van der Waals surface area contributed by atoms with Crippen LogP contribution in [0.15, 0.2) is 11.6 Å². The molecule has 0 aliphatic heterocycles. The third-order valence-electron chi connectivity index (χ3n) is 6.08. The molecule has 2 saturated carbocycles.